The van der Waals surface area contributed by atoms with E-state index in [1.807, 2.05) is 0 Å². The molecule has 1 aliphatic heterocycles. The van der Waals surface area contributed by atoms with E-state index >= 15 is 0 Å². The molecule has 2 aliphatic rings. The molecule has 21 heavy (non-hydrogen) atoms. The second kappa shape index (κ2) is 6.63. The smallest absolute Gasteiger partial charge is 0.327 e. The van der Waals surface area contributed by atoms with Crippen LogP contribution in [0.15, 0.2) is 0 Å². The van der Waals surface area contributed by atoms with Crippen LogP contribution in [0.25, 0.3) is 0 Å². The van der Waals surface area contributed by atoms with Crippen LogP contribution in [0, 0.1) is 5.92 Å². The lowest BCUT2D eigenvalue weighted by molar-refractivity contribution is -0.151. The van der Waals surface area contributed by atoms with Crippen molar-refractivity contribution in [2.75, 3.05) is 40.3 Å². The molecule has 2 fully saturated rings. The molecule has 1 aliphatic carbocycles. The van der Waals surface area contributed by atoms with Gasteiger partial charge in [-0.1, -0.05) is 0 Å². The topological polar surface area (TPSA) is 44.8 Å². The summed E-state index contributed by atoms with van der Waals surface area (Å²) in [4.78, 5) is 17.4. The highest BCUT2D eigenvalue weighted by Crippen LogP contribution is 2.41. The monoisotopic (exact) mass is 297 g/mol. The van der Waals surface area contributed by atoms with E-state index < -0.39 is 5.54 Å². The fourth-order valence-corrected chi connectivity index (χ4v) is 3.48. The lowest BCUT2D eigenvalue weighted by Gasteiger charge is -2.43. The summed E-state index contributed by atoms with van der Waals surface area (Å²) in [5.74, 6) is 0.326. The summed E-state index contributed by atoms with van der Waals surface area (Å²) in [7, 11) is 3.68. The molecule has 5 nitrogen and oxygen atoms in total. The van der Waals surface area contributed by atoms with Crippen LogP contribution in [-0.4, -0.2) is 73.7 Å². The normalized spacial score (nSPS) is 27.6. The number of nitrogens with one attached hydrogen (secondary N) is 1. The average Bonchev–Trinajstić information content (AvgIpc) is 3.25. The molecule has 2 rings (SSSR count). The zero-order valence-electron chi connectivity index (χ0n) is 14.2. The van der Waals surface area contributed by atoms with Crippen molar-refractivity contribution in [3.8, 4) is 0 Å². The summed E-state index contributed by atoms with van der Waals surface area (Å²) in [5.41, 5.74) is -0.529. The molecule has 2 atom stereocenters. The van der Waals surface area contributed by atoms with Gasteiger partial charge in [0.05, 0.1) is 7.11 Å². The lowest BCUT2D eigenvalue weighted by Crippen LogP contribution is -2.65. The fraction of sp³-hybridized carbons (Fsp3) is 0.938. The van der Waals surface area contributed by atoms with Gasteiger partial charge in [-0.15, -0.1) is 0 Å². The second-order valence-electron chi connectivity index (χ2n) is 7.10. The Morgan fingerprint density at radius 1 is 1.38 bits per heavy atom. The molecule has 1 saturated heterocycles. The van der Waals surface area contributed by atoms with Crippen LogP contribution < -0.4 is 5.32 Å². The summed E-state index contributed by atoms with van der Waals surface area (Å²) in [6, 6.07) is 0.807. The molecule has 5 heteroatoms. The van der Waals surface area contributed by atoms with E-state index in [1.165, 1.54) is 7.11 Å². The number of ether oxygens (including phenoxy) is 1. The predicted molar refractivity (Wildman–Crippen MR) is 84.3 cm³/mol. The highest BCUT2D eigenvalue weighted by Gasteiger charge is 2.53. The minimum atomic E-state index is -0.529. The van der Waals surface area contributed by atoms with E-state index in [2.05, 4.69) is 42.9 Å². The highest BCUT2D eigenvalue weighted by molar-refractivity contribution is 5.82. The number of carbonyl (C=O) groups excluding carboxylic acids is 1. The second-order valence-corrected chi connectivity index (χ2v) is 7.10. The van der Waals surface area contributed by atoms with Crippen LogP contribution >= 0.6 is 0 Å². The number of nitrogens with zero attached hydrogens (tertiary/aromatic N) is 2. The maximum Gasteiger partial charge on any atom is 0.327 e. The molecule has 0 radical (unpaired) electrons. The molecular weight excluding hydrogens is 266 g/mol. The van der Waals surface area contributed by atoms with Crippen LogP contribution in [0.3, 0.4) is 0 Å². The molecule has 1 saturated carbocycles. The molecule has 0 aromatic carbocycles. The summed E-state index contributed by atoms with van der Waals surface area (Å²) in [6.07, 6.45) is 2.25. The first kappa shape index (κ1) is 16.7. The molecule has 2 unspecified atom stereocenters. The van der Waals surface area contributed by atoms with Gasteiger partial charge in [0.15, 0.2) is 0 Å². The Kier molecular flexibility index (Phi) is 5.28. The predicted octanol–water partition coefficient (Wildman–Crippen LogP) is 0.942. The van der Waals surface area contributed by atoms with E-state index in [9.17, 15) is 4.79 Å². The van der Waals surface area contributed by atoms with Crippen molar-refractivity contribution >= 4 is 5.97 Å². The Morgan fingerprint density at radius 3 is 2.52 bits per heavy atom. The lowest BCUT2D eigenvalue weighted by atomic mass is 9.90. The Bertz CT molecular complexity index is 371. The van der Waals surface area contributed by atoms with Gasteiger partial charge in [0.25, 0.3) is 0 Å². The zero-order chi connectivity index (χ0) is 15.6. The minimum absolute atomic E-state index is 0.0923. The first-order chi connectivity index (χ1) is 9.89. The fourth-order valence-electron chi connectivity index (χ4n) is 3.48. The van der Waals surface area contributed by atoms with Gasteiger partial charge in [0, 0.05) is 38.3 Å². The number of piperazine rings is 1. The van der Waals surface area contributed by atoms with E-state index in [4.69, 9.17) is 4.74 Å². The third-order valence-electron chi connectivity index (χ3n) is 4.89. The van der Waals surface area contributed by atoms with E-state index in [0.717, 1.165) is 39.0 Å². The number of carbonyl (C=O) groups is 1. The molecule has 0 aromatic heterocycles. The molecule has 0 spiro atoms. The van der Waals surface area contributed by atoms with Gasteiger partial charge < -0.3 is 9.64 Å². The Labute approximate surface area is 129 Å². The Balaban J connectivity index is 2.13. The van der Waals surface area contributed by atoms with Crippen molar-refractivity contribution in [2.45, 2.75) is 51.2 Å². The van der Waals surface area contributed by atoms with Gasteiger partial charge in [0.2, 0.25) is 0 Å². The van der Waals surface area contributed by atoms with Crippen LogP contribution in [0.5, 0.6) is 0 Å². The molecule has 0 bridgehead atoms. The van der Waals surface area contributed by atoms with Gasteiger partial charge in [-0.25, -0.2) is 4.79 Å². The first-order valence-electron chi connectivity index (χ1n) is 8.17. The van der Waals surface area contributed by atoms with Crippen LogP contribution in [0.4, 0.5) is 0 Å². The Morgan fingerprint density at radius 2 is 2.05 bits per heavy atom. The summed E-state index contributed by atoms with van der Waals surface area (Å²) in [5, 5.41) is 3.55. The van der Waals surface area contributed by atoms with E-state index in [-0.39, 0.29) is 12.0 Å². The number of rotatable bonds is 6. The SMILES string of the molecule is COC(=O)C(CN1CCN(C)C(C)C1)(NC(C)C)C1CC1. The van der Waals surface area contributed by atoms with Crippen molar-refractivity contribution in [1.29, 1.82) is 0 Å². The average molecular weight is 297 g/mol. The van der Waals surface area contributed by atoms with E-state index in [0.29, 0.717) is 12.0 Å². The van der Waals surface area contributed by atoms with Crippen molar-refractivity contribution < 1.29 is 9.53 Å². The van der Waals surface area contributed by atoms with Crippen molar-refractivity contribution in [3.05, 3.63) is 0 Å². The highest BCUT2D eigenvalue weighted by atomic mass is 16.5. The number of esters is 1. The van der Waals surface area contributed by atoms with Crippen LogP contribution in [0.1, 0.15) is 33.6 Å². The van der Waals surface area contributed by atoms with Gasteiger partial charge >= 0.3 is 5.97 Å². The Hall–Kier alpha value is -0.650. The van der Waals surface area contributed by atoms with Gasteiger partial charge in [-0.3, -0.25) is 10.2 Å². The van der Waals surface area contributed by atoms with Gasteiger partial charge in [-0.05, 0) is 46.6 Å². The number of hydrogen-bond donors (Lipinski definition) is 1. The standard InChI is InChI=1S/C16H31N3O2/c1-12(2)17-16(14-6-7-14,15(20)21-5)11-19-9-8-18(4)13(3)10-19/h12-14,17H,6-11H2,1-5H3. The summed E-state index contributed by atoms with van der Waals surface area (Å²) < 4.78 is 5.17. The van der Waals surface area contributed by atoms with Crippen molar-refractivity contribution in [1.82, 2.24) is 15.1 Å². The quantitative estimate of drug-likeness (QED) is 0.739. The molecular formula is C16H31N3O2. The molecule has 1 heterocycles. The van der Waals surface area contributed by atoms with Crippen LogP contribution in [0.2, 0.25) is 0 Å². The van der Waals surface area contributed by atoms with Crippen LogP contribution in [-0.2, 0) is 9.53 Å². The number of likely N-dealkylation sites (N-methyl/N-ethyl adjacent to an activating group) is 1. The van der Waals surface area contributed by atoms with Gasteiger partial charge in [-0.2, -0.15) is 0 Å². The summed E-state index contributed by atoms with van der Waals surface area (Å²) >= 11 is 0. The number of methoxy groups -OCH3 is 1. The molecule has 0 aromatic rings. The van der Waals surface area contributed by atoms with Gasteiger partial charge in [0.1, 0.15) is 5.54 Å². The maximum absolute atomic E-state index is 12.5. The first-order valence-corrected chi connectivity index (χ1v) is 8.17. The molecule has 1 N–H and O–H groups in total. The third-order valence-corrected chi connectivity index (χ3v) is 4.89. The molecule has 0 amide bonds. The zero-order valence-corrected chi connectivity index (χ0v) is 14.2. The van der Waals surface area contributed by atoms with Crippen molar-refractivity contribution in [2.24, 2.45) is 5.92 Å². The van der Waals surface area contributed by atoms with Crippen molar-refractivity contribution in [3.63, 3.8) is 0 Å². The number of hydrogen-bond acceptors (Lipinski definition) is 5. The van der Waals surface area contributed by atoms with E-state index in [1.54, 1.807) is 0 Å². The third kappa shape index (κ3) is 3.76. The minimum Gasteiger partial charge on any atom is -0.468 e. The largest absolute Gasteiger partial charge is 0.468 e. The summed E-state index contributed by atoms with van der Waals surface area (Å²) in [6.45, 7) is 10.3. The molecule has 122 valence electrons. The maximum atomic E-state index is 12.5.